The second kappa shape index (κ2) is 7.77. The lowest BCUT2D eigenvalue weighted by atomic mass is 9.98. The third-order valence-electron chi connectivity index (χ3n) is 3.91. The molecule has 0 bridgehead atoms. The van der Waals surface area contributed by atoms with Crippen LogP contribution in [0.4, 0.5) is 5.82 Å². The van der Waals surface area contributed by atoms with E-state index in [2.05, 4.69) is 59.1 Å². The molecule has 0 aliphatic carbocycles. The average molecular weight is 335 g/mol. The van der Waals surface area contributed by atoms with Gasteiger partial charge < -0.3 is 9.84 Å². The van der Waals surface area contributed by atoms with Crippen LogP contribution in [0.5, 0.6) is 0 Å². The quantitative estimate of drug-likeness (QED) is 0.722. The first-order valence-corrected chi connectivity index (χ1v) is 8.20. The standard InChI is InChI=1S/C20H21N3O2/c1-14-8-10-17(11-9-14)20(16-6-4-3-5-7-16)21-13-19(24)22-18-12-15(2)25-23-18/h3-12,20-21H,13H2,1-2H3,(H,22,23,24). The van der Waals surface area contributed by atoms with Crippen LogP contribution in [-0.4, -0.2) is 17.6 Å². The van der Waals surface area contributed by atoms with E-state index in [1.54, 1.807) is 13.0 Å². The number of amides is 1. The Kier molecular flexibility index (Phi) is 5.26. The van der Waals surface area contributed by atoms with E-state index in [1.807, 2.05) is 18.2 Å². The van der Waals surface area contributed by atoms with Crippen molar-refractivity contribution in [2.24, 2.45) is 0 Å². The first-order valence-electron chi connectivity index (χ1n) is 8.20. The van der Waals surface area contributed by atoms with Crippen LogP contribution in [0, 0.1) is 13.8 Å². The minimum atomic E-state index is -0.165. The number of aryl methyl sites for hydroxylation is 2. The van der Waals surface area contributed by atoms with Crippen LogP contribution in [0.15, 0.2) is 65.2 Å². The lowest BCUT2D eigenvalue weighted by molar-refractivity contribution is -0.115. The molecule has 1 aromatic heterocycles. The summed E-state index contributed by atoms with van der Waals surface area (Å²) >= 11 is 0. The molecule has 1 unspecified atom stereocenters. The van der Waals surface area contributed by atoms with Gasteiger partial charge in [0.2, 0.25) is 5.91 Å². The van der Waals surface area contributed by atoms with Crippen molar-refractivity contribution in [3.8, 4) is 0 Å². The molecule has 3 rings (SSSR count). The number of carbonyl (C=O) groups is 1. The van der Waals surface area contributed by atoms with Gasteiger partial charge in [-0.1, -0.05) is 65.3 Å². The molecule has 5 heteroatoms. The van der Waals surface area contributed by atoms with E-state index in [9.17, 15) is 4.79 Å². The molecular formula is C20H21N3O2. The maximum atomic E-state index is 12.2. The van der Waals surface area contributed by atoms with E-state index in [0.717, 1.165) is 11.1 Å². The van der Waals surface area contributed by atoms with Crippen molar-refractivity contribution in [3.05, 3.63) is 83.1 Å². The zero-order valence-corrected chi connectivity index (χ0v) is 14.3. The van der Waals surface area contributed by atoms with Crippen LogP contribution in [0.25, 0.3) is 0 Å². The summed E-state index contributed by atoms with van der Waals surface area (Å²) in [7, 11) is 0. The Labute approximate surface area is 147 Å². The molecule has 0 saturated carbocycles. The molecule has 25 heavy (non-hydrogen) atoms. The predicted molar refractivity (Wildman–Crippen MR) is 97.3 cm³/mol. The zero-order chi connectivity index (χ0) is 17.6. The van der Waals surface area contributed by atoms with Crippen LogP contribution in [0.1, 0.15) is 28.5 Å². The Balaban J connectivity index is 1.71. The fraction of sp³-hybridized carbons (Fsp3) is 0.200. The van der Waals surface area contributed by atoms with Crippen molar-refractivity contribution < 1.29 is 9.32 Å². The number of anilines is 1. The minimum Gasteiger partial charge on any atom is -0.360 e. The summed E-state index contributed by atoms with van der Waals surface area (Å²) in [6.45, 7) is 4.01. The Morgan fingerprint density at radius 3 is 2.36 bits per heavy atom. The van der Waals surface area contributed by atoms with E-state index in [4.69, 9.17) is 4.52 Å². The lowest BCUT2D eigenvalue weighted by Gasteiger charge is -2.19. The van der Waals surface area contributed by atoms with Gasteiger partial charge in [0, 0.05) is 6.07 Å². The molecule has 0 aliphatic rings. The zero-order valence-electron chi connectivity index (χ0n) is 14.3. The van der Waals surface area contributed by atoms with E-state index in [0.29, 0.717) is 11.6 Å². The molecule has 0 spiro atoms. The number of benzene rings is 2. The molecule has 1 amide bonds. The normalized spacial score (nSPS) is 11.9. The summed E-state index contributed by atoms with van der Waals surface area (Å²) in [6, 6.07) is 20.0. The van der Waals surface area contributed by atoms with Crippen LogP contribution in [0.2, 0.25) is 0 Å². The van der Waals surface area contributed by atoms with Gasteiger partial charge in [0.15, 0.2) is 5.82 Å². The number of aromatic nitrogens is 1. The maximum Gasteiger partial charge on any atom is 0.239 e. The summed E-state index contributed by atoms with van der Waals surface area (Å²) in [5.74, 6) is 0.919. The third-order valence-corrected chi connectivity index (χ3v) is 3.91. The first-order chi connectivity index (χ1) is 12.1. The molecule has 5 nitrogen and oxygen atoms in total. The molecule has 1 atom stereocenters. The van der Waals surface area contributed by atoms with Crippen molar-refractivity contribution in [3.63, 3.8) is 0 Å². The number of carbonyl (C=O) groups excluding carboxylic acids is 1. The topological polar surface area (TPSA) is 67.2 Å². The van der Waals surface area contributed by atoms with E-state index >= 15 is 0 Å². The summed E-state index contributed by atoms with van der Waals surface area (Å²) < 4.78 is 4.96. The SMILES string of the molecule is Cc1ccc(C(NCC(=O)Nc2cc(C)on2)c2ccccc2)cc1. The average Bonchev–Trinajstić information content (AvgIpc) is 3.02. The smallest absolute Gasteiger partial charge is 0.239 e. The van der Waals surface area contributed by atoms with Gasteiger partial charge in [-0.15, -0.1) is 0 Å². The van der Waals surface area contributed by atoms with Crippen LogP contribution >= 0.6 is 0 Å². The highest BCUT2D eigenvalue weighted by Crippen LogP contribution is 2.22. The lowest BCUT2D eigenvalue weighted by Crippen LogP contribution is -2.32. The molecule has 0 fully saturated rings. The second-order valence-corrected chi connectivity index (χ2v) is 6.01. The van der Waals surface area contributed by atoms with E-state index in [1.165, 1.54) is 5.56 Å². The van der Waals surface area contributed by atoms with Crippen molar-refractivity contribution in [2.75, 3.05) is 11.9 Å². The highest BCUT2D eigenvalue weighted by molar-refractivity contribution is 5.91. The van der Waals surface area contributed by atoms with Crippen molar-refractivity contribution in [1.29, 1.82) is 0 Å². The molecule has 1 heterocycles. The predicted octanol–water partition coefficient (Wildman–Crippen LogP) is 3.61. The molecule has 2 N–H and O–H groups in total. The summed E-state index contributed by atoms with van der Waals surface area (Å²) in [5, 5.41) is 9.83. The van der Waals surface area contributed by atoms with E-state index < -0.39 is 0 Å². The fourth-order valence-electron chi connectivity index (χ4n) is 2.64. The van der Waals surface area contributed by atoms with Crippen molar-refractivity contribution >= 4 is 11.7 Å². The molecule has 0 radical (unpaired) electrons. The summed E-state index contributed by atoms with van der Waals surface area (Å²) in [4.78, 5) is 12.2. The van der Waals surface area contributed by atoms with Crippen molar-refractivity contribution in [2.45, 2.75) is 19.9 Å². The Morgan fingerprint density at radius 1 is 1.04 bits per heavy atom. The fourth-order valence-corrected chi connectivity index (χ4v) is 2.64. The van der Waals surface area contributed by atoms with Crippen LogP contribution < -0.4 is 10.6 Å². The molecule has 3 aromatic rings. The summed E-state index contributed by atoms with van der Waals surface area (Å²) in [5.41, 5.74) is 3.42. The van der Waals surface area contributed by atoms with Gasteiger partial charge in [0.25, 0.3) is 0 Å². The van der Waals surface area contributed by atoms with Gasteiger partial charge in [-0.05, 0) is 25.0 Å². The number of rotatable bonds is 6. The Bertz CT molecular complexity index is 826. The number of hydrogen-bond donors (Lipinski definition) is 2. The van der Waals surface area contributed by atoms with E-state index in [-0.39, 0.29) is 18.5 Å². The van der Waals surface area contributed by atoms with Gasteiger partial charge in [-0.2, -0.15) is 0 Å². The van der Waals surface area contributed by atoms with Crippen LogP contribution in [-0.2, 0) is 4.79 Å². The Hall–Kier alpha value is -2.92. The largest absolute Gasteiger partial charge is 0.360 e. The Morgan fingerprint density at radius 2 is 1.72 bits per heavy atom. The first kappa shape index (κ1) is 16.9. The van der Waals surface area contributed by atoms with Gasteiger partial charge in [-0.25, -0.2) is 0 Å². The highest BCUT2D eigenvalue weighted by atomic mass is 16.5. The van der Waals surface area contributed by atoms with Gasteiger partial charge >= 0.3 is 0 Å². The number of hydrogen-bond acceptors (Lipinski definition) is 4. The number of nitrogens with zero attached hydrogens (tertiary/aromatic N) is 1. The van der Waals surface area contributed by atoms with Gasteiger partial charge in [0.05, 0.1) is 12.6 Å². The van der Waals surface area contributed by atoms with Gasteiger partial charge in [-0.3, -0.25) is 10.1 Å². The van der Waals surface area contributed by atoms with Crippen molar-refractivity contribution in [1.82, 2.24) is 10.5 Å². The molecule has 2 aromatic carbocycles. The van der Waals surface area contributed by atoms with Crippen LogP contribution in [0.3, 0.4) is 0 Å². The number of nitrogens with one attached hydrogen (secondary N) is 2. The van der Waals surface area contributed by atoms with Gasteiger partial charge in [0.1, 0.15) is 5.76 Å². The molecular weight excluding hydrogens is 314 g/mol. The highest BCUT2D eigenvalue weighted by Gasteiger charge is 2.15. The summed E-state index contributed by atoms with van der Waals surface area (Å²) in [6.07, 6.45) is 0. The molecule has 128 valence electrons. The molecule has 0 saturated heterocycles. The second-order valence-electron chi connectivity index (χ2n) is 6.01. The monoisotopic (exact) mass is 335 g/mol. The third kappa shape index (κ3) is 4.55. The maximum absolute atomic E-state index is 12.2. The minimum absolute atomic E-state index is 0.0633. The molecule has 0 aliphatic heterocycles.